The van der Waals surface area contributed by atoms with E-state index in [2.05, 4.69) is 34.7 Å². The van der Waals surface area contributed by atoms with E-state index in [9.17, 15) is 0 Å². The van der Waals surface area contributed by atoms with Gasteiger partial charge in [0.05, 0.1) is 5.92 Å². The molecule has 4 nitrogen and oxygen atoms in total. The number of H-pyrrole nitrogens is 1. The van der Waals surface area contributed by atoms with Gasteiger partial charge in [-0.25, -0.2) is 0 Å². The maximum Gasteiger partial charge on any atom is 0.195 e. The number of hydrogen-bond acceptors (Lipinski definition) is 3. The molecular weight excluding hydrogens is 258 g/mol. The Morgan fingerprint density at radius 1 is 1.47 bits per heavy atom. The molecule has 1 aromatic carbocycles. The summed E-state index contributed by atoms with van der Waals surface area (Å²) in [6, 6.07) is 8.13. The first-order chi connectivity index (χ1) is 9.16. The van der Waals surface area contributed by atoms with Crippen LogP contribution in [-0.4, -0.2) is 21.4 Å². The standard InChI is InChI=1S/C14H17N3OS/c1-9(2)7-17-13(15-16-14(17)19)11-8-18-12-6-4-3-5-10(11)12/h3-6,9,11H,7-8H2,1-2H3,(H,16,19). The topological polar surface area (TPSA) is 42.8 Å². The van der Waals surface area contributed by atoms with E-state index in [0.29, 0.717) is 17.3 Å². The van der Waals surface area contributed by atoms with Crippen LogP contribution in [0.15, 0.2) is 24.3 Å². The number of aromatic nitrogens is 3. The van der Waals surface area contributed by atoms with Crippen molar-refractivity contribution in [1.82, 2.24) is 14.8 Å². The van der Waals surface area contributed by atoms with E-state index in [0.717, 1.165) is 18.1 Å². The number of para-hydroxylation sites is 1. The lowest BCUT2D eigenvalue weighted by atomic mass is 10.0. The number of nitrogens with zero attached hydrogens (tertiary/aromatic N) is 2. The molecule has 1 N–H and O–H groups in total. The van der Waals surface area contributed by atoms with Gasteiger partial charge in [0, 0.05) is 12.1 Å². The summed E-state index contributed by atoms with van der Waals surface area (Å²) in [6.07, 6.45) is 0. The van der Waals surface area contributed by atoms with Crippen molar-refractivity contribution in [3.63, 3.8) is 0 Å². The van der Waals surface area contributed by atoms with Crippen LogP contribution in [0.1, 0.15) is 31.2 Å². The van der Waals surface area contributed by atoms with Crippen molar-refractivity contribution in [2.75, 3.05) is 6.61 Å². The molecule has 19 heavy (non-hydrogen) atoms. The second-order valence-electron chi connectivity index (χ2n) is 5.29. The highest BCUT2D eigenvalue weighted by molar-refractivity contribution is 7.71. The number of hydrogen-bond donors (Lipinski definition) is 1. The average molecular weight is 275 g/mol. The third-order valence-electron chi connectivity index (χ3n) is 3.35. The summed E-state index contributed by atoms with van der Waals surface area (Å²) in [4.78, 5) is 0. The molecule has 2 aromatic rings. The molecule has 3 rings (SSSR count). The normalized spacial score (nSPS) is 17.5. The maximum absolute atomic E-state index is 5.73. The highest BCUT2D eigenvalue weighted by Crippen LogP contribution is 2.37. The lowest BCUT2D eigenvalue weighted by Gasteiger charge is -2.13. The quantitative estimate of drug-likeness (QED) is 0.875. The molecule has 5 heteroatoms. The molecule has 1 aliphatic rings. The molecule has 1 aliphatic heterocycles. The van der Waals surface area contributed by atoms with Crippen LogP contribution in [0.3, 0.4) is 0 Å². The minimum Gasteiger partial charge on any atom is -0.492 e. The van der Waals surface area contributed by atoms with Crippen molar-refractivity contribution in [3.05, 3.63) is 40.4 Å². The maximum atomic E-state index is 5.73. The van der Waals surface area contributed by atoms with E-state index >= 15 is 0 Å². The number of ether oxygens (including phenoxy) is 1. The van der Waals surface area contributed by atoms with Crippen LogP contribution in [0.5, 0.6) is 5.75 Å². The first-order valence-electron chi connectivity index (χ1n) is 6.53. The summed E-state index contributed by atoms with van der Waals surface area (Å²) in [5.74, 6) is 2.63. The third-order valence-corrected chi connectivity index (χ3v) is 3.66. The fourth-order valence-corrected chi connectivity index (χ4v) is 2.73. The second kappa shape index (κ2) is 4.81. The zero-order valence-electron chi connectivity index (χ0n) is 11.1. The van der Waals surface area contributed by atoms with Crippen LogP contribution in [-0.2, 0) is 6.54 Å². The van der Waals surface area contributed by atoms with E-state index in [1.165, 1.54) is 5.56 Å². The van der Waals surface area contributed by atoms with Crippen LogP contribution >= 0.6 is 12.2 Å². The molecule has 0 fully saturated rings. The number of fused-ring (bicyclic) bond motifs is 1. The van der Waals surface area contributed by atoms with Crippen LogP contribution in [0.4, 0.5) is 0 Å². The van der Waals surface area contributed by atoms with Crippen molar-refractivity contribution in [1.29, 1.82) is 0 Å². The van der Waals surface area contributed by atoms with E-state index in [4.69, 9.17) is 17.0 Å². The first kappa shape index (κ1) is 12.4. The summed E-state index contributed by atoms with van der Waals surface area (Å²) in [6.45, 7) is 5.87. The van der Waals surface area contributed by atoms with Gasteiger partial charge in [-0.05, 0) is 24.2 Å². The summed E-state index contributed by atoms with van der Waals surface area (Å²) < 4.78 is 8.51. The molecule has 1 unspecified atom stereocenters. The molecule has 0 amide bonds. The van der Waals surface area contributed by atoms with Gasteiger partial charge in [0.15, 0.2) is 4.77 Å². The molecule has 0 saturated heterocycles. The molecule has 2 heterocycles. The fraction of sp³-hybridized carbons (Fsp3) is 0.429. The van der Waals surface area contributed by atoms with Gasteiger partial charge < -0.3 is 9.30 Å². The molecule has 0 bridgehead atoms. The number of benzene rings is 1. The molecule has 1 atom stereocenters. The molecule has 0 radical (unpaired) electrons. The molecule has 100 valence electrons. The zero-order chi connectivity index (χ0) is 13.4. The minimum atomic E-state index is 0.169. The van der Waals surface area contributed by atoms with Crippen LogP contribution in [0.25, 0.3) is 0 Å². The van der Waals surface area contributed by atoms with Crippen molar-refractivity contribution < 1.29 is 4.74 Å². The summed E-state index contributed by atoms with van der Waals surface area (Å²) in [5.41, 5.74) is 1.20. The summed E-state index contributed by atoms with van der Waals surface area (Å²) in [7, 11) is 0. The van der Waals surface area contributed by atoms with Crippen molar-refractivity contribution in [3.8, 4) is 5.75 Å². The zero-order valence-corrected chi connectivity index (χ0v) is 11.9. The van der Waals surface area contributed by atoms with E-state index in [-0.39, 0.29) is 5.92 Å². The van der Waals surface area contributed by atoms with Gasteiger partial charge >= 0.3 is 0 Å². The Morgan fingerprint density at radius 3 is 3.05 bits per heavy atom. The Morgan fingerprint density at radius 2 is 2.26 bits per heavy atom. The SMILES string of the molecule is CC(C)Cn1c(C2COc3ccccc32)n[nH]c1=S. The Hall–Kier alpha value is -1.62. The van der Waals surface area contributed by atoms with Gasteiger partial charge in [-0.2, -0.15) is 5.10 Å². The summed E-state index contributed by atoms with van der Waals surface area (Å²) >= 11 is 5.33. The molecule has 0 spiro atoms. The van der Waals surface area contributed by atoms with Crippen LogP contribution < -0.4 is 4.74 Å². The minimum absolute atomic E-state index is 0.169. The van der Waals surface area contributed by atoms with Crippen molar-refractivity contribution >= 4 is 12.2 Å². The Balaban J connectivity index is 2.03. The Bertz CT molecular complexity index is 644. The molecule has 1 aromatic heterocycles. The highest BCUT2D eigenvalue weighted by atomic mass is 32.1. The second-order valence-corrected chi connectivity index (χ2v) is 5.68. The molecular formula is C14H17N3OS. The highest BCUT2D eigenvalue weighted by Gasteiger charge is 2.29. The van der Waals surface area contributed by atoms with Crippen molar-refractivity contribution in [2.45, 2.75) is 26.3 Å². The molecule has 0 aliphatic carbocycles. The fourth-order valence-electron chi connectivity index (χ4n) is 2.51. The van der Waals surface area contributed by atoms with Gasteiger partial charge in [0.2, 0.25) is 0 Å². The summed E-state index contributed by atoms with van der Waals surface area (Å²) in [5, 5.41) is 7.33. The number of aromatic amines is 1. The number of rotatable bonds is 3. The van der Waals surface area contributed by atoms with Crippen LogP contribution in [0.2, 0.25) is 0 Å². The van der Waals surface area contributed by atoms with Gasteiger partial charge in [-0.3, -0.25) is 5.10 Å². The van der Waals surface area contributed by atoms with E-state index < -0.39 is 0 Å². The van der Waals surface area contributed by atoms with Gasteiger partial charge in [-0.1, -0.05) is 32.0 Å². The third kappa shape index (κ3) is 2.18. The van der Waals surface area contributed by atoms with Crippen molar-refractivity contribution in [2.24, 2.45) is 5.92 Å². The predicted molar refractivity (Wildman–Crippen MR) is 76.0 cm³/mol. The van der Waals surface area contributed by atoms with E-state index in [1.807, 2.05) is 18.2 Å². The van der Waals surface area contributed by atoms with Crippen LogP contribution in [0, 0.1) is 10.7 Å². The largest absolute Gasteiger partial charge is 0.492 e. The van der Waals surface area contributed by atoms with Gasteiger partial charge in [0.25, 0.3) is 0 Å². The Labute approximate surface area is 117 Å². The monoisotopic (exact) mass is 275 g/mol. The lowest BCUT2D eigenvalue weighted by Crippen LogP contribution is -2.14. The smallest absolute Gasteiger partial charge is 0.195 e. The van der Waals surface area contributed by atoms with E-state index in [1.54, 1.807) is 0 Å². The first-order valence-corrected chi connectivity index (χ1v) is 6.94. The molecule has 0 saturated carbocycles. The number of nitrogens with one attached hydrogen (secondary N) is 1. The van der Waals surface area contributed by atoms with Gasteiger partial charge in [-0.15, -0.1) is 0 Å². The lowest BCUT2D eigenvalue weighted by molar-refractivity contribution is 0.335. The average Bonchev–Trinajstić information content (AvgIpc) is 2.94. The Kier molecular flexibility index (Phi) is 3.14. The van der Waals surface area contributed by atoms with Gasteiger partial charge in [0.1, 0.15) is 18.2 Å². The predicted octanol–water partition coefficient (Wildman–Crippen LogP) is 3.12.